The number of hydrogen-bond acceptors (Lipinski definition) is 3. The summed E-state index contributed by atoms with van der Waals surface area (Å²) >= 11 is 0. The van der Waals surface area contributed by atoms with E-state index in [4.69, 9.17) is 5.21 Å². The Morgan fingerprint density at radius 1 is 1.50 bits per heavy atom. The van der Waals surface area contributed by atoms with Gasteiger partial charge in [0.15, 0.2) is 0 Å². The third-order valence-electron chi connectivity index (χ3n) is 3.75. The van der Waals surface area contributed by atoms with Crippen LogP contribution in [-0.4, -0.2) is 20.9 Å². The minimum atomic E-state index is -0.392. The van der Waals surface area contributed by atoms with E-state index in [1.54, 1.807) is 29.2 Å². The van der Waals surface area contributed by atoms with Crippen molar-refractivity contribution in [2.24, 2.45) is 5.92 Å². The largest absolute Gasteiger partial charge is 0.289 e. The molecule has 0 bridgehead atoms. The first-order chi connectivity index (χ1) is 9.60. The van der Waals surface area contributed by atoms with Gasteiger partial charge in [0, 0.05) is 24.1 Å². The number of rotatable bonds is 2. The lowest BCUT2D eigenvalue weighted by molar-refractivity contribution is -0.133. The average molecular weight is 275 g/mol. The molecule has 1 amide bonds. The molecule has 2 N–H and O–H groups in total. The minimum Gasteiger partial charge on any atom is -0.289 e. The van der Waals surface area contributed by atoms with Crippen molar-refractivity contribution < 1.29 is 14.4 Å². The number of hydrogen-bond donors (Lipinski definition) is 2. The van der Waals surface area contributed by atoms with Gasteiger partial charge in [-0.2, -0.15) is 5.10 Å². The Bertz CT molecular complexity index is 658. The van der Waals surface area contributed by atoms with E-state index in [-0.39, 0.29) is 11.7 Å². The number of amides is 1. The fourth-order valence-electron chi connectivity index (χ4n) is 2.60. The molecule has 0 spiro atoms. The molecular formula is C14H14FN3O2. The molecule has 0 aliphatic heterocycles. The molecule has 2 aromatic rings. The van der Waals surface area contributed by atoms with Crippen LogP contribution in [0.3, 0.4) is 0 Å². The van der Waals surface area contributed by atoms with Crippen molar-refractivity contribution in [1.82, 2.24) is 15.3 Å². The summed E-state index contributed by atoms with van der Waals surface area (Å²) in [6.07, 6.45) is 2.85. The maximum atomic E-state index is 13.6. The molecule has 1 aliphatic carbocycles. The molecule has 3 rings (SSSR count). The number of hydroxylamine groups is 1. The Kier molecular flexibility index (Phi) is 3.02. The van der Waals surface area contributed by atoms with Crippen LogP contribution in [0.4, 0.5) is 4.39 Å². The molecule has 0 saturated carbocycles. The Morgan fingerprint density at radius 3 is 3.00 bits per heavy atom. The maximum absolute atomic E-state index is 13.6. The molecule has 6 heteroatoms. The van der Waals surface area contributed by atoms with Gasteiger partial charge in [-0.05, 0) is 31.0 Å². The van der Waals surface area contributed by atoms with Gasteiger partial charge in [-0.15, -0.1) is 0 Å². The molecule has 5 nitrogen and oxygen atoms in total. The zero-order chi connectivity index (χ0) is 14.3. The predicted octanol–water partition coefficient (Wildman–Crippen LogP) is 1.54. The number of benzene rings is 1. The van der Waals surface area contributed by atoms with Crippen molar-refractivity contribution in [1.29, 1.82) is 0 Å². The monoisotopic (exact) mass is 275 g/mol. The fourth-order valence-corrected chi connectivity index (χ4v) is 2.60. The Hall–Kier alpha value is -2.21. The van der Waals surface area contributed by atoms with Crippen molar-refractivity contribution in [3.8, 4) is 5.69 Å². The SMILES string of the molecule is Cc1c(F)cccc1-n1cc2c(n1)CC(C(=O)NO)C2. The first kappa shape index (κ1) is 12.8. The summed E-state index contributed by atoms with van der Waals surface area (Å²) < 4.78 is 15.2. The summed E-state index contributed by atoms with van der Waals surface area (Å²) in [5.41, 5.74) is 4.69. The van der Waals surface area contributed by atoms with Gasteiger partial charge in [0.1, 0.15) is 5.82 Å². The second-order valence-electron chi connectivity index (χ2n) is 5.01. The molecule has 0 radical (unpaired) electrons. The molecule has 0 fully saturated rings. The second-order valence-corrected chi connectivity index (χ2v) is 5.01. The zero-order valence-corrected chi connectivity index (χ0v) is 10.9. The third-order valence-corrected chi connectivity index (χ3v) is 3.75. The van der Waals surface area contributed by atoms with Crippen LogP contribution < -0.4 is 5.48 Å². The number of aromatic nitrogens is 2. The van der Waals surface area contributed by atoms with Crippen molar-refractivity contribution in [3.05, 3.63) is 47.0 Å². The lowest BCUT2D eigenvalue weighted by Gasteiger charge is -2.08. The summed E-state index contributed by atoms with van der Waals surface area (Å²) in [6, 6.07) is 4.86. The lowest BCUT2D eigenvalue weighted by atomic mass is 10.1. The van der Waals surface area contributed by atoms with Crippen LogP contribution in [-0.2, 0) is 17.6 Å². The number of halogens is 1. The van der Waals surface area contributed by atoms with E-state index in [1.165, 1.54) is 6.07 Å². The van der Waals surface area contributed by atoms with E-state index >= 15 is 0 Å². The first-order valence-corrected chi connectivity index (χ1v) is 6.37. The summed E-state index contributed by atoms with van der Waals surface area (Å²) in [6.45, 7) is 1.71. The van der Waals surface area contributed by atoms with Crippen LogP contribution in [0, 0.1) is 18.7 Å². The first-order valence-electron chi connectivity index (χ1n) is 6.37. The highest BCUT2D eigenvalue weighted by Gasteiger charge is 2.30. The van der Waals surface area contributed by atoms with Gasteiger partial charge < -0.3 is 0 Å². The lowest BCUT2D eigenvalue weighted by Crippen LogP contribution is -2.28. The number of carbonyl (C=O) groups is 1. The van der Waals surface area contributed by atoms with Gasteiger partial charge in [0.2, 0.25) is 5.91 Å². The summed E-state index contributed by atoms with van der Waals surface area (Å²) in [5.74, 6) is -0.937. The topological polar surface area (TPSA) is 67.2 Å². The van der Waals surface area contributed by atoms with Crippen molar-refractivity contribution in [2.75, 3.05) is 0 Å². The Labute approximate surface area is 115 Å². The summed E-state index contributed by atoms with van der Waals surface area (Å²) in [4.78, 5) is 11.4. The van der Waals surface area contributed by atoms with E-state index in [1.807, 2.05) is 6.20 Å². The second kappa shape index (κ2) is 4.72. The van der Waals surface area contributed by atoms with Gasteiger partial charge in [-0.3, -0.25) is 10.0 Å². The molecule has 1 heterocycles. The van der Waals surface area contributed by atoms with Gasteiger partial charge >= 0.3 is 0 Å². The van der Waals surface area contributed by atoms with Crippen LogP contribution in [0.15, 0.2) is 24.4 Å². The smallest absolute Gasteiger partial charge is 0.247 e. The predicted molar refractivity (Wildman–Crippen MR) is 69.1 cm³/mol. The maximum Gasteiger partial charge on any atom is 0.247 e. The fraction of sp³-hybridized carbons (Fsp3) is 0.286. The Balaban J connectivity index is 1.91. The van der Waals surface area contributed by atoms with Gasteiger partial charge in [0.25, 0.3) is 0 Å². The van der Waals surface area contributed by atoms with E-state index < -0.39 is 5.91 Å². The highest BCUT2D eigenvalue weighted by molar-refractivity contribution is 5.78. The van der Waals surface area contributed by atoms with Crippen LogP contribution in [0.25, 0.3) is 5.69 Å². The van der Waals surface area contributed by atoms with Crippen LogP contribution in [0.1, 0.15) is 16.8 Å². The summed E-state index contributed by atoms with van der Waals surface area (Å²) in [5, 5.41) is 13.1. The highest BCUT2D eigenvalue weighted by atomic mass is 19.1. The number of nitrogens with one attached hydrogen (secondary N) is 1. The highest BCUT2D eigenvalue weighted by Crippen LogP contribution is 2.27. The molecule has 1 aliphatic rings. The molecule has 0 saturated heterocycles. The average Bonchev–Trinajstić information content (AvgIpc) is 2.99. The normalized spacial score (nSPS) is 17.1. The molecule has 20 heavy (non-hydrogen) atoms. The molecule has 1 atom stereocenters. The van der Waals surface area contributed by atoms with E-state index in [9.17, 15) is 9.18 Å². The van der Waals surface area contributed by atoms with E-state index in [2.05, 4.69) is 5.10 Å². The molecule has 104 valence electrons. The Morgan fingerprint density at radius 2 is 2.30 bits per heavy atom. The number of fused-ring (bicyclic) bond motifs is 1. The van der Waals surface area contributed by atoms with Crippen molar-refractivity contribution in [2.45, 2.75) is 19.8 Å². The standard InChI is InChI=1S/C14H14FN3O2/c1-8-11(15)3-2-4-13(8)18-7-10-5-9(14(19)17-20)6-12(10)16-18/h2-4,7,9,20H,5-6H2,1H3,(H,17,19). The van der Waals surface area contributed by atoms with E-state index in [0.717, 1.165) is 11.3 Å². The minimum absolute atomic E-state index is 0.268. The van der Waals surface area contributed by atoms with Crippen LogP contribution in [0.5, 0.6) is 0 Å². The van der Waals surface area contributed by atoms with Crippen LogP contribution in [0.2, 0.25) is 0 Å². The third kappa shape index (κ3) is 1.98. The van der Waals surface area contributed by atoms with Crippen molar-refractivity contribution >= 4 is 5.91 Å². The zero-order valence-electron chi connectivity index (χ0n) is 10.9. The molecule has 1 unspecified atom stereocenters. The van der Waals surface area contributed by atoms with Gasteiger partial charge in [0.05, 0.1) is 11.4 Å². The van der Waals surface area contributed by atoms with Gasteiger partial charge in [-0.25, -0.2) is 14.6 Å². The molecule has 1 aromatic carbocycles. The summed E-state index contributed by atoms with van der Waals surface area (Å²) in [7, 11) is 0. The van der Waals surface area contributed by atoms with E-state index in [0.29, 0.717) is 24.1 Å². The molecule has 1 aromatic heterocycles. The number of nitrogens with zero attached hydrogens (tertiary/aromatic N) is 2. The van der Waals surface area contributed by atoms with Gasteiger partial charge in [-0.1, -0.05) is 6.07 Å². The quantitative estimate of drug-likeness (QED) is 0.645. The number of carbonyl (C=O) groups excluding carboxylic acids is 1. The van der Waals surface area contributed by atoms with Crippen LogP contribution >= 0.6 is 0 Å². The molecular weight excluding hydrogens is 261 g/mol. The van der Waals surface area contributed by atoms with Crippen molar-refractivity contribution in [3.63, 3.8) is 0 Å².